The van der Waals surface area contributed by atoms with Gasteiger partial charge in [-0.15, -0.1) is 10.2 Å². The molecule has 4 aromatic rings. The number of carbonyl (C=O) groups is 1. The van der Waals surface area contributed by atoms with Crippen LogP contribution in [0.2, 0.25) is 0 Å². The lowest BCUT2D eigenvalue weighted by atomic mass is 10.1. The molecule has 0 radical (unpaired) electrons. The lowest BCUT2D eigenvalue weighted by Crippen LogP contribution is -2.41. The molecule has 0 spiro atoms. The topological polar surface area (TPSA) is 96.7 Å². The van der Waals surface area contributed by atoms with Gasteiger partial charge in [-0.05, 0) is 48.1 Å². The van der Waals surface area contributed by atoms with E-state index in [-0.39, 0.29) is 11.4 Å². The van der Waals surface area contributed by atoms with Crippen molar-refractivity contribution in [3.8, 4) is 0 Å². The lowest BCUT2D eigenvalue weighted by molar-refractivity contribution is -0.120. The van der Waals surface area contributed by atoms with Crippen LogP contribution in [0, 0.1) is 0 Å². The number of hydrogen-bond donors (Lipinski definition) is 1. The summed E-state index contributed by atoms with van der Waals surface area (Å²) in [6.45, 7) is -0.303. The first kappa shape index (κ1) is 20.8. The first-order valence-corrected chi connectivity index (χ1v) is 13.0. The fourth-order valence-corrected chi connectivity index (χ4v) is 6.24. The quantitative estimate of drug-likeness (QED) is 0.449. The summed E-state index contributed by atoms with van der Waals surface area (Å²) in [7, 11) is -3.80. The molecule has 1 atom stereocenters. The van der Waals surface area contributed by atoms with Gasteiger partial charge in [0.25, 0.3) is 10.0 Å². The van der Waals surface area contributed by atoms with Gasteiger partial charge in [-0.25, -0.2) is 8.42 Å². The summed E-state index contributed by atoms with van der Waals surface area (Å²) in [6, 6.07) is 15.8. The van der Waals surface area contributed by atoms with Crippen LogP contribution >= 0.6 is 11.8 Å². The number of thioether (sulfide) groups is 1. The highest BCUT2D eigenvalue weighted by molar-refractivity contribution is 7.98. The van der Waals surface area contributed by atoms with Crippen molar-refractivity contribution in [3.05, 3.63) is 66.6 Å². The van der Waals surface area contributed by atoms with Gasteiger partial charge in [0.1, 0.15) is 6.54 Å². The molecule has 32 heavy (non-hydrogen) atoms. The predicted molar refractivity (Wildman–Crippen MR) is 125 cm³/mol. The molecule has 1 amide bonds. The summed E-state index contributed by atoms with van der Waals surface area (Å²) >= 11 is 1.67. The largest absolute Gasteiger partial charge is 0.344 e. The average Bonchev–Trinajstić information content (AvgIpc) is 3.31. The van der Waals surface area contributed by atoms with E-state index >= 15 is 0 Å². The Labute approximate surface area is 189 Å². The molecule has 1 aliphatic rings. The van der Waals surface area contributed by atoms with E-state index in [9.17, 15) is 13.2 Å². The fourth-order valence-electron chi connectivity index (χ4n) is 4.10. The van der Waals surface area contributed by atoms with Crippen molar-refractivity contribution in [1.29, 1.82) is 0 Å². The highest BCUT2D eigenvalue weighted by atomic mass is 32.2. The Bertz CT molecular complexity index is 1430. The molecule has 0 saturated heterocycles. The summed E-state index contributed by atoms with van der Waals surface area (Å²) in [6.07, 6.45) is 4.49. The SMILES string of the molecule is CSCCC(NC(=O)CN1c2cccc3cccc(c23)S1(=O)=O)c1nnc2ccccn12. The molecule has 0 saturated carbocycles. The van der Waals surface area contributed by atoms with Gasteiger partial charge in [0, 0.05) is 11.6 Å². The first-order valence-electron chi connectivity index (χ1n) is 10.1. The maximum atomic E-state index is 13.2. The van der Waals surface area contributed by atoms with Crippen LogP contribution < -0.4 is 9.62 Å². The second kappa shape index (κ2) is 8.10. The number of sulfonamides is 1. The molecular formula is C22H21N5O3S2. The van der Waals surface area contributed by atoms with Gasteiger partial charge >= 0.3 is 0 Å². The molecule has 0 aliphatic carbocycles. The third-order valence-electron chi connectivity index (χ3n) is 5.57. The van der Waals surface area contributed by atoms with Gasteiger partial charge in [0.05, 0.1) is 16.6 Å². The van der Waals surface area contributed by atoms with Crippen LogP contribution in [0.15, 0.2) is 65.7 Å². The Morgan fingerprint density at radius 1 is 1.09 bits per heavy atom. The second-order valence-corrected chi connectivity index (χ2v) is 10.3. The number of rotatable bonds is 7. The molecule has 1 N–H and O–H groups in total. The summed E-state index contributed by atoms with van der Waals surface area (Å²) in [5, 5.41) is 12.9. The summed E-state index contributed by atoms with van der Waals surface area (Å²) in [4.78, 5) is 13.3. The molecular weight excluding hydrogens is 446 g/mol. The van der Waals surface area contributed by atoms with Crippen molar-refractivity contribution >= 4 is 49.8 Å². The maximum Gasteiger partial charge on any atom is 0.265 e. The highest BCUT2D eigenvalue weighted by Crippen LogP contribution is 2.41. The third-order valence-corrected chi connectivity index (χ3v) is 8.01. The zero-order valence-corrected chi connectivity index (χ0v) is 18.9. The normalized spacial score (nSPS) is 15.3. The number of hydrogen-bond acceptors (Lipinski definition) is 6. The number of fused-ring (bicyclic) bond motifs is 1. The molecule has 10 heteroatoms. The minimum Gasteiger partial charge on any atom is -0.344 e. The van der Waals surface area contributed by atoms with E-state index in [0.29, 0.717) is 29.0 Å². The monoisotopic (exact) mass is 467 g/mol. The van der Waals surface area contributed by atoms with Gasteiger partial charge in [0.15, 0.2) is 11.5 Å². The number of anilines is 1. The second-order valence-electron chi connectivity index (χ2n) is 7.53. The minimum absolute atomic E-state index is 0.237. The van der Waals surface area contributed by atoms with E-state index in [1.165, 1.54) is 4.31 Å². The van der Waals surface area contributed by atoms with E-state index in [1.54, 1.807) is 36.0 Å². The van der Waals surface area contributed by atoms with Crippen LogP contribution in [-0.4, -0.2) is 47.5 Å². The summed E-state index contributed by atoms with van der Waals surface area (Å²) in [5.41, 5.74) is 1.22. The third kappa shape index (κ3) is 3.39. The van der Waals surface area contributed by atoms with E-state index in [1.807, 2.05) is 47.2 Å². The van der Waals surface area contributed by atoms with Crippen molar-refractivity contribution in [2.24, 2.45) is 0 Å². The standard InChI is InChI=1S/C22H21N5O3S2/c1-31-13-11-16(22-25-24-19-10-2-3-12-26(19)22)23-20(28)14-27-17-8-4-6-15-7-5-9-18(21(15)17)32(27,29)30/h2-10,12,16H,11,13-14H2,1H3,(H,23,28). The smallest absolute Gasteiger partial charge is 0.265 e. The fraction of sp³-hybridized carbons (Fsp3) is 0.227. The molecule has 0 fully saturated rings. The van der Waals surface area contributed by atoms with Gasteiger partial charge in [0.2, 0.25) is 5.91 Å². The average molecular weight is 468 g/mol. The molecule has 164 valence electrons. The van der Waals surface area contributed by atoms with E-state index in [2.05, 4.69) is 15.5 Å². The number of pyridine rings is 1. The Hall–Kier alpha value is -3.11. The predicted octanol–water partition coefficient (Wildman–Crippen LogP) is 3.00. The summed E-state index contributed by atoms with van der Waals surface area (Å²) in [5.74, 6) is 1.04. The number of carbonyl (C=O) groups excluding carboxylic acids is 1. The number of benzene rings is 2. The minimum atomic E-state index is -3.80. The van der Waals surface area contributed by atoms with Crippen molar-refractivity contribution in [1.82, 2.24) is 19.9 Å². The van der Waals surface area contributed by atoms with Gasteiger partial charge in [-0.1, -0.05) is 30.3 Å². The Balaban J connectivity index is 1.43. The van der Waals surface area contributed by atoms with Crippen LogP contribution in [0.25, 0.3) is 16.4 Å². The van der Waals surface area contributed by atoms with Gasteiger partial charge in [-0.3, -0.25) is 13.5 Å². The molecule has 3 heterocycles. The molecule has 1 aliphatic heterocycles. The Morgan fingerprint density at radius 3 is 2.72 bits per heavy atom. The van der Waals surface area contributed by atoms with E-state index in [0.717, 1.165) is 11.1 Å². The molecule has 0 bridgehead atoms. The highest BCUT2D eigenvalue weighted by Gasteiger charge is 2.37. The van der Waals surface area contributed by atoms with Gasteiger partial charge in [-0.2, -0.15) is 11.8 Å². The summed E-state index contributed by atoms with van der Waals surface area (Å²) < 4.78 is 29.4. The van der Waals surface area contributed by atoms with Crippen LogP contribution in [0.3, 0.4) is 0 Å². The number of amides is 1. The molecule has 5 rings (SSSR count). The molecule has 2 aromatic heterocycles. The van der Waals surface area contributed by atoms with Crippen LogP contribution in [-0.2, 0) is 14.8 Å². The van der Waals surface area contributed by atoms with Crippen molar-refractivity contribution in [2.75, 3.05) is 22.9 Å². The first-order chi connectivity index (χ1) is 15.5. The maximum absolute atomic E-state index is 13.2. The number of nitrogens with zero attached hydrogens (tertiary/aromatic N) is 4. The number of aromatic nitrogens is 3. The Kier molecular flexibility index (Phi) is 5.26. The zero-order chi connectivity index (χ0) is 22.3. The Morgan fingerprint density at radius 2 is 1.91 bits per heavy atom. The molecule has 2 aromatic carbocycles. The van der Waals surface area contributed by atoms with E-state index < -0.39 is 22.0 Å². The van der Waals surface area contributed by atoms with Crippen LogP contribution in [0.1, 0.15) is 18.3 Å². The van der Waals surface area contributed by atoms with Crippen molar-refractivity contribution in [3.63, 3.8) is 0 Å². The van der Waals surface area contributed by atoms with Crippen molar-refractivity contribution in [2.45, 2.75) is 17.4 Å². The number of nitrogens with one attached hydrogen (secondary N) is 1. The lowest BCUT2D eigenvalue weighted by Gasteiger charge is -2.21. The van der Waals surface area contributed by atoms with E-state index in [4.69, 9.17) is 0 Å². The van der Waals surface area contributed by atoms with Crippen LogP contribution in [0.5, 0.6) is 0 Å². The molecule has 8 nitrogen and oxygen atoms in total. The zero-order valence-electron chi connectivity index (χ0n) is 17.3. The van der Waals surface area contributed by atoms with Crippen LogP contribution in [0.4, 0.5) is 5.69 Å². The van der Waals surface area contributed by atoms with Crippen molar-refractivity contribution < 1.29 is 13.2 Å². The van der Waals surface area contributed by atoms with Gasteiger partial charge < -0.3 is 5.32 Å². The molecule has 1 unspecified atom stereocenters.